The minimum absolute atomic E-state index is 0. The minimum atomic E-state index is -0.601. The monoisotopic (exact) mass is 417 g/mol. The third-order valence-electron chi connectivity index (χ3n) is 6.10. The molecular formula is C22H28ClN3O3. The Morgan fingerprint density at radius 1 is 1.10 bits per heavy atom. The molecule has 29 heavy (non-hydrogen) atoms. The fraction of sp³-hybridized carbons (Fsp3) is 0.455. The van der Waals surface area contributed by atoms with Crippen LogP contribution in [0.25, 0.3) is 0 Å². The van der Waals surface area contributed by atoms with E-state index in [2.05, 4.69) is 10.6 Å². The fourth-order valence-electron chi connectivity index (χ4n) is 4.33. The molecule has 6 nitrogen and oxygen atoms in total. The average Bonchev–Trinajstić information content (AvgIpc) is 3.41. The first kappa shape index (κ1) is 21.4. The second-order valence-corrected chi connectivity index (χ2v) is 7.95. The first-order valence-corrected chi connectivity index (χ1v) is 10.0. The highest BCUT2D eigenvalue weighted by molar-refractivity contribution is 5.95. The molecule has 3 heterocycles. The number of halogens is 1. The van der Waals surface area contributed by atoms with Crippen LogP contribution >= 0.6 is 12.4 Å². The van der Waals surface area contributed by atoms with Crippen LogP contribution < -0.4 is 10.6 Å². The normalized spacial score (nSPS) is 18.8. The number of piperidine rings is 1. The van der Waals surface area contributed by atoms with E-state index in [1.807, 2.05) is 35.2 Å². The second kappa shape index (κ2) is 9.46. The lowest BCUT2D eigenvalue weighted by molar-refractivity contribution is -0.135. The van der Waals surface area contributed by atoms with E-state index in [9.17, 15) is 9.59 Å². The molecule has 0 saturated carbocycles. The molecule has 156 valence electrons. The van der Waals surface area contributed by atoms with E-state index >= 15 is 0 Å². The number of carbonyl (C=O) groups excluding carboxylic acids is 2. The molecule has 2 saturated heterocycles. The summed E-state index contributed by atoms with van der Waals surface area (Å²) in [4.78, 5) is 27.7. The molecule has 2 aliphatic heterocycles. The van der Waals surface area contributed by atoms with Gasteiger partial charge in [-0.25, -0.2) is 0 Å². The van der Waals surface area contributed by atoms with Crippen molar-refractivity contribution in [2.45, 2.75) is 31.7 Å². The Morgan fingerprint density at radius 3 is 2.48 bits per heavy atom. The molecule has 1 aromatic heterocycles. The summed E-state index contributed by atoms with van der Waals surface area (Å²) >= 11 is 0. The predicted octanol–water partition coefficient (Wildman–Crippen LogP) is 2.64. The third-order valence-corrected chi connectivity index (χ3v) is 6.10. The highest BCUT2D eigenvalue weighted by Crippen LogP contribution is 2.37. The van der Waals surface area contributed by atoms with Crippen molar-refractivity contribution in [3.05, 3.63) is 60.1 Å². The van der Waals surface area contributed by atoms with Crippen molar-refractivity contribution >= 4 is 24.2 Å². The number of rotatable bonds is 5. The number of hydrogen-bond donors (Lipinski definition) is 2. The van der Waals surface area contributed by atoms with Crippen LogP contribution in [0.1, 0.15) is 35.4 Å². The third kappa shape index (κ3) is 5.00. The predicted molar refractivity (Wildman–Crippen MR) is 113 cm³/mol. The molecule has 7 heteroatoms. The highest BCUT2D eigenvalue weighted by atomic mass is 35.5. The van der Waals surface area contributed by atoms with Crippen molar-refractivity contribution in [1.82, 2.24) is 15.5 Å². The molecule has 1 atom stereocenters. The van der Waals surface area contributed by atoms with Gasteiger partial charge in [0.05, 0.1) is 6.26 Å². The van der Waals surface area contributed by atoms with Gasteiger partial charge in [0.15, 0.2) is 5.76 Å². The Kier molecular flexibility index (Phi) is 6.98. The summed E-state index contributed by atoms with van der Waals surface area (Å²) in [7, 11) is 0. The lowest BCUT2D eigenvalue weighted by Gasteiger charge is -2.40. The molecule has 4 rings (SSSR count). The molecule has 2 aliphatic rings. The Hall–Kier alpha value is -2.31. The van der Waals surface area contributed by atoms with Crippen molar-refractivity contribution in [2.24, 2.45) is 5.41 Å². The summed E-state index contributed by atoms with van der Waals surface area (Å²) in [5.74, 6) is -0.141. The van der Waals surface area contributed by atoms with Crippen LogP contribution in [0.2, 0.25) is 0 Å². The van der Waals surface area contributed by atoms with Gasteiger partial charge < -0.3 is 20.0 Å². The van der Waals surface area contributed by atoms with E-state index in [4.69, 9.17) is 4.42 Å². The largest absolute Gasteiger partial charge is 0.459 e. The van der Waals surface area contributed by atoms with Crippen LogP contribution in [0.5, 0.6) is 0 Å². The summed E-state index contributed by atoms with van der Waals surface area (Å²) in [5, 5.41) is 6.34. The summed E-state index contributed by atoms with van der Waals surface area (Å²) < 4.78 is 5.19. The van der Waals surface area contributed by atoms with Gasteiger partial charge in [-0.2, -0.15) is 0 Å². The van der Waals surface area contributed by atoms with Gasteiger partial charge >= 0.3 is 0 Å². The van der Waals surface area contributed by atoms with Gasteiger partial charge in [-0.1, -0.05) is 30.3 Å². The first-order chi connectivity index (χ1) is 13.7. The van der Waals surface area contributed by atoms with Gasteiger partial charge in [0.2, 0.25) is 5.91 Å². The second-order valence-electron chi connectivity index (χ2n) is 7.95. The van der Waals surface area contributed by atoms with Crippen molar-refractivity contribution in [2.75, 3.05) is 26.2 Å². The fourth-order valence-corrected chi connectivity index (χ4v) is 4.33. The van der Waals surface area contributed by atoms with Crippen LogP contribution in [-0.4, -0.2) is 48.9 Å². The molecule has 2 N–H and O–H groups in total. The number of amides is 2. The van der Waals surface area contributed by atoms with Crippen molar-refractivity contribution < 1.29 is 14.0 Å². The molecule has 0 aliphatic carbocycles. The SMILES string of the molecule is Cl.O=C(NC(Cc1ccccc1)C(=O)N1CCC2(CCNC2)CC1)c1ccco1. The maximum absolute atomic E-state index is 13.3. The number of benzene rings is 1. The van der Waals surface area contributed by atoms with E-state index in [1.54, 1.807) is 12.1 Å². The minimum Gasteiger partial charge on any atom is -0.459 e. The Balaban J connectivity index is 0.00000240. The zero-order valence-electron chi connectivity index (χ0n) is 16.4. The zero-order chi connectivity index (χ0) is 19.4. The summed E-state index contributed by atoms with van der Waals surface area (Å²) in [6.07, 6.45) is 5.17. The summed E-state index contributed by atoms with van der Waals surface area (Å²) in [6, 6.07) is 12.5. The Labute approximate surface area is 177 Å². The van der Waals surface area contributed by atoms with Gasteiger partial charge in [0, 0.05) is 26.1 Å². The molecule has 0 bridgehead atoms. The highest BCUT2D eigenvalue weighted by Gasteiger charge is 2.39. The smallest absolute Gasteiger partial charge is 0.287 e. The number of nitrogens with zero attached hydrogens (tertiary/aromatic N) is 1. The molecule has 1 aromatic carbocycles. The van der Waals surface area contributed by atoms with Crippen LogP contribution in [-0.2, 0) is 11.2 Å². The molecule has 2 fully saturated rings. The van der Waals surface area contributed by atoms with Gasteiger partial charge in [0.25, 0.3) is 5.91 Å². The number of likely N-dealkylation sites (tertiary alicyclic amines) is 1. The molecule has 2 amide bonds. The Bertz CT molecular complexity index is 794. The van der Waals surface area contributed by atoms with Gasteiger partial charge in [-0.15, -0.1) is 12.4 Å². The molecule has 0 radical (unpaired) electrons. The van der Waals surface area contributed by atoms with E-state index < -0.39 is 6.04 Å². The van der Waals surface area contributed by atoms with E-state index in [0.29, 0.717) is 11.8 Å². The van der Waals surface area contributed by atoms with Crippen LogP contribution in [0.4, 0.5) is 0 Å². The van der Waals surface area contributed by atoms with Crippen molar-refractivity contribution in [3.8, 4) is 0 Å². The zero-order valence-corrected chi connectivity index (χ0v) is 17.2. The van der Waals surface area contributed by atoms with Crippen LogP contribution in [0, 0.1) is 5.41 Å². The molecule has 2 aromatic rings. The van der Waals surface area contributed by atoms with Gasteiger partial charge in [-0.05, 0) is 48.9 Å². The van der Waals surface area contributed by atoms with Gasteiger partial charge in [0.1, 0.15) is 6.04 Å². The van der Waals surface area contributed by atoms with Crippen molar-refractivity contribution in [3.63, 3.8) is 0 Å². The quantitative estimate of drug-likeness (QED) is 0.784. The maximum Gasteiger partial charge on any atom is 0.287 e. The van der Waals surface area contributed by atoms with E-state index in [0.717, 1.165) is 44.6 Å². The lowest BCUT2D eigenvalue weighted by atomic mass is 9.77. The average molecular weight is 418 g/mol. The molecule has 1 spiro atoms. The number of nitrogens with one attached hydrogen (secondary N) is 2. The summed E-state index contributed by atoms with van der Waals surface area (Å²) in [6.45, 7) is 3.63. The maximum atomic E-state index is 13.3. The standard InChI is InChI=1S/C22H27N3O3.ClH/c26-20(19-7-4-14-28-19)24-18(15-17-5-2-1-3-6-17)21(27)25-12-9-22(10-13-25)8-11-23-16-22;/h1-7,14,18,23H,8-13,15-16H2,(H,24,26);1H. The Morgan fingerprint density at radius 2 is 1.86 bits per heavy atom. The summed E-state index contributed by atoms with van der Waals surface area (Å²) in [5.41, 5.74) is 1.37. The van der Waals surface area contributed by atoms with Crippen LogP contribution in [0.15, 0.2) is 53.1 Å². The number of hydrogen-bond acceptors (Lipinski definition) is 4. The molecular weight excluding hydrogens is 390 g/mol. The lowest BCUT2D eigenvalue weighted by Crippen LogP contribution is -2.53. The van der Waals surface area contributed by atoms with E-state index in [1.165, 1.54) is 12.7 Å². The van der Waals surface area contributed by atoms with E-state index in [-0.39, 0.29) is 30.0 Å². The topological polar surface area (TPSA) is 74.6 Å². The molecule has 1 unspecified atom stereocenters. The number of furan rings is 1. The number of carbonyl (C=O) groups is 2. The van der Waals surface area contributed by atoms with Crippen molar-refractivity contribution in [1.29, 1.82) is 0 Å². The first-order valence-electron chi connectivity index (χ1n) is 10.0. The van der Waals surface area contributed by atoms with Gasteiger partial charge in [-0.3, -0.25) is 9.59 Å². The van der Waals surface area contributed by atoms with Crippen LogP contribution in [0.3, 0.4) is 0 Å².